The molecule has 9 nitrogen and oxygen atoms in total. The predicted molar refractivity (Wildman–Crippen MR) is 158 cm³/mol. The summed E-state index contributed by atoms with van der Waals surface area (Å²) in [5.74, 6) is -1.02. The van der Waals surface area contributed by atoms with Gasteiger partial charge in [0.05, 0.1) is 24.5 Å². The standard InChI is InChI=1S/C30H36Cl2N4O5/c31-23-5-10-27(28(32)18-23)30(21-35-13-11-33-22-35)40-20-26(41-30)19-39-25-8-6-24(7-9-25)36-16-14-34(15-17-36)12-3-1-2-4-29(37)38/h5-11,13,18,22,26H,1-4,12,14-17,19-21H2,(H,37,38). The van der Waals surface area contributed by atoms with Crippen molar-refractivity contribution in [2.45, 2.75) is 44.1 Å². The Balaban J connectivity index is 1.11. The molecule has 2 aliphatic heterocycles. The Morgan fingerprint density at radius 3 is 2.59 bits per heavy atom. The Morgan fingerprint density at radius 1 is 1.07 bits per heavy atom. The lowest BCUT2D eigenvalue weighted by atomic mass is 10.1. The minimum absolute atomic E-state index is 0.264. The fourth-order valence-corrected chi connectivity index (χ4v) is 5.89. The Bertz CT molecular complexity index is 1270. The van der Waals surface area contributed by atoms with Crippen molar-refractivity contribution < 1.29 is 24.1 Å². The maximum absolute atomic E-state index is 10.6. The van der Waals surface area contributed by atoms with Crippen LogP contribution in [0, 0.1) is 0 Å². The number of unbranched alkanes of at least 4 members (excludes halogenated alkanes) is 2. The van der Waals surface area contributed by atoms with Gasteiger partial charge in [-0.3, -0.25) is 9.69 Å². The molecule has 0 spiro atoms. The zero-order chi connectivity index (χ0) is 28.7. The van der Waals surface area contributed by atoms with E-state index in [0.29, 0.717) is 35.4 Å². The minimum atomic E-state index is -1.08. The summed E-state index contributed by atoms with van der Waals surface area (Å²) in [6.45, 7) is 6.06. The fraction of sp³-hybridized carbons (Fsp3) is 0.467. The van der Waals surface area contributed by atoms with Crippen LogP contribution in [0.5, 0.6) is 5.75 Å². The SMILES string of the molecule is O=C(O)CCCCCN1CCN(c2ccc(OCC3COC(Cn4ccnc4)(c4ccc(Cl)cc4Cl)O3)cc2)CC1. The number of aromatic nitrogens is 2. The summed E-state index contributed by atoms with van der Waals surface area (Å²) in [5.41, 5.74) is 1.89. The Hall–Kier alpha value is -2.82. The number of nitrogens with zero attached hydrogens (tertiary/aromatic N) is 4. The largest absolute Gasteiger partial charge is 0.491 e. The molecule has 2 aliphatic rings. The van der Waals surface area contributed by atoms with Gasteiger partial charge in [-0.25, -0.2) is 4.98 Å². The van der Waals surface area contributed by atoms with Crippen LogP contribution >= 0.6 is 23.2 Å². The van der Waals surface area contributed by atoms with E-state index in [-0.39, 0.29) is 12.5 Å². The van der Waals surface area contributed by atoms with Crippen LogP contribution in [-0.4, -0.2) is 77.6 Å². The summed E-state index contributed by atoms with van der Waals surface area (Å²) in [6, 6.07) is 13.5. The van der Waals surface area contributed by atoms with E-state index in [4.69, 9.17) is 42.5 Å². The molecule has 11 heteroatoms. The van der Waals surface area contributed by atoms with Crippen LogP contribution in [0.25, 0.3) is 0 Å². The maximum atomic E-state index is 10.6. The molecule has 3 aromatic rings. The molecule has 2 atom stereocenters. The monoisotopic (exact) mass is 602 g/mol. The number of carbonyl (C=O) groups is 1. The first kappa shape index (κ1) is 29.7. The molecule has 2 fully saturated rings. The van der Waals surface area contributed by atoms with E-state index >= 15 is 0 Å². The minimum Gasteiger partial charge on any atom is -0.491 e. The highest BCUT2D eigenvalue weighted by molar-refractivity contribution is 6.35. The lowest BCUT2D eigenvalue weighted by molar-refractivity contribution is -0.189. The number of anilines is 1. The van der Waals surface area contributed by atoms with Gasteiger partial charge < -0.3 is 28.8 Å². The molecular weight excluding hydrogens is 567 g/mol. The van der Waals surface area contributed by atoms with Crippen molar-refractivity contribution in [3.8, 4) is 5.75 Å². The summed E-state index contributed by atoms with van der Waals surface area (Å²) in [7, 11) is 0. The quantitative estimate of drug-likeness (QED) is 0.263. The van der Waals surface area contributed by atoms with E-state index in [9.17, 15) is 4.79 Å². The first-order valence-corrected chi connectivity index (χ1v) is 14.8. The van der Waals surface area contributed by atoms with Gasteiger partial charge in [0.2, 0.25) is 5.79 Å². The van der Waals surface area contributed by atoms with Crippen LogP contribution < -0.4 is 9.64 Å². The van der Waals surface area contributed by atoms with Crippen molar-refractivity contribution in [3.63, 3.8) is 0 Å². The molecule has 0 amide bonds. The first-order valence-electron chi connectivity index (χ1n) is 14.1. The molecule has 1 N–H and O–H groups in total. The van der Waals surface area contributed by atoms with E-state index in [1.54, 1.807) is 24.7 Å². The number of hydrogen-bond acceptors (Lipinski definition) is 7. The molecule has 0 radical (unpaired) electrons. The van der Waals surface area contributed by atoms with Gasteiger partial charge in [0.25, 0.3) is 0 Å². The lowest BCUT2D eigenvalue weighted by Gasteiger charge is -2.36. The van der Waals surface area contributed by atoms with Gasteiger partial charge in [-0.05, 0) is 55.8 Å². The fourth-order valence-electron chi connectivity index (χ4n) is 5.34. The highest BCUT2D eigenvalue weighted by Crippen LogP contribution is 2.40. The maximum Gasteiger partial charge on any atom is 0.303 e. The van der Waals surface area contributed by atoms with Crippen LogP contribution in [-0.2, 0) is 26.6 Å². The number of carboxylic acid groups (broad SMARTS) is 1. The Morgan fingerprint density at radius 2 is 1.88 bits per heavy atom. The lowest BCUT2D eigenvalue weighted by Crippen LogP contribution is -2.46. The molecule has 0 bridgehead atoms. The molecule has 220 valence electrons. The van der Waals surface area contributed by atoms with Crippen LogP contribution in [0.15, 0.2) is 61.2 Å². The van der Waals surface area contributed by atoms with Gasteiger partial charge in [0.1, 0.15) is 18.5 Å². The number of aliphatic carboxylic acids is 1. The average Bonchev–Trinajstić information content (AvgIpc) is 3.63. The summed E-state index contributed by atoms with van der Waals surface area (Å²) in [6.07, 6.45) is 8.03. The van der Waals surface area contributed by atoms with Gasteiger partial charge in [0.15, 0.2) is 0 Å². The normalized spacial score (nSPS) is 21.3. The molecule has 0 saturated carbocycles. The Labute approximate surface area is 250 Å². The zero-order valence-corrected chi connectivity index (χ0v) is 24.5. The van der Waals surface area contributed by atoms with E-state index < -0.39 is 11.8 Å². The number of halogens is 2. The molecule has 41 heavy (non-hydrogen) atoms. The van der Waals surface area contributed by atoms with Crippen molar-refractivity contribution in [1.82, 2.24) is 14.5 Å². The second kappa shape index (κ2) is 13.9. The van der Waals surface area contributed by atoms with Gasteiger partial charge in [-0.2, -0.15) is 0 Å². The second-order valence-corrected chi connectivity index (χ2v) is 11.3. The molecule has 2 unspecified atom stereocenters. The third-order valence-electron chi connectivity index (χ3n) is 7.53. The third kappa shape index (κ3) is 7.93. The van der Waals surface area contributed by atoms with Crippen LogP contribution in [0.2, 0.25) is 10.0 Å². The highest BCUT2D eigenvalue weighted by atomic mass is 35.5. The van der Waals surface area contributed by atoms with Crippen molar-refractivity contribution in [1.29, 1.82) is 0 Å². The van der Waals surface area contributed by atoms with Gasteiger partial charge in [-0.15, -0.1) is 0 Å². The number of imidazole rings is 1. The van der Waals surface area contributed by atoms with Crippen LogP contribution in [0.4, 0.5) is 5.69 Å². The second-order valence-electron chi connectivity index (χ2n) is 10.5. The number of hydrogen-bond donors (Lipinski definition) is 1. The Kier molecular flexibility index (Phi) is 10.1. The smallest absolute Gasteiger partial charge is 0.303 e. The molecule has 5 rings (SSSR count). The molecular formula is C30H36Cl2N4O5. The van der Waals surface area contributed by atoms with E-state index in [0.717, 1.165) is 57.7 Å². The van der Waals surface area contributed by atoms with Crippen molar-refractivity contribution in [3.05, 3.63) is 76.8 Å². The van der Waals surface area contributed by atoms with Gasteiger partial charge >= 0.3 is 5.97 Å². The van der Waals surface area contributed by atoms with Crippen molar-refractivity contribution in [2.24, 2.45) is 0 Å². The molecule has 1 aromatic heterocycles. The van der Waals surface area contributed by atoms with Crippen LogP contribution in [0.3, 0.4) is 0 Å². The van der Waals surface area contributed by atoms with E-state index in [2.05, 4.69) is 26.9 Å². The number of carboxylic acids is 1. The first-order chi connectivity index (χ1) is 19.9. The summed E-state index contributed by atoms with van der Waals surface area (Å²) < 4.78 is 20.7. The summed E-state index contributed by atoms with van der Waals surface area (Å²) in [5, 5.41) is 9.79. The number of piperazine rings is 1. The number of rotatable bonds is 13. The number of benzene rings is 2. The van der Waals surface area contributed by atoms with Crippen molar-refractivity contribution >= 4 is 34.9 Å². The van der Waals surface area contributed by atoms with Gasteiger partial charge in [-0.1, -0.05) is 35.7 Å². The van der Waals surface area contributed by atoms with E-state index in [1.807, 2.05) is 29.0 Å². The van der Waals surface area contributed by atoms with Crippen molar-refractivity contribution in [2.75, 3.05) is 50.8 Å². The molecule has 3 heterocycles. The molecule has 2 saturated heterocycles. The van der Waals surface area contributed by atoms with Gasteiger partial charge in [0, 0.05) is 61.3 Å². The number of ether oxygens (including phenoxy) is 3. The molecule has 0 aliphatic carbocycles. The zero-order valence-electron chi connectivity index (χ0n) is 23.0. The molecule has 2 aromatic carbocycles. The topological polar surface area (TPSA) is 89.3 Å². The van der Waals surface area contributed by atoms with E-state index in [1.165, 1.54) is 5.69 Å². The summed E-state index contributed by atoms with van der Waals surface area (Å²) >= 11 is 12.7. The highest BCUT2D eigenvalue weighted by Gasteiger charge is 2.45. The summed E-state index contributed by atoms with van der Waals surface area (Å²) in [4.78, 5) is 19.6. The predicted octanol–water partition coefficient (Wildman–Crippen LogP) is 5.30. The third-order valence-corrected chi connectivity index (χ3v) is 8.07. The average molecular weight is 604 g/mol. The van der Waals surface area contributed by atoms with Crippen LogP contribution in [0.1, 0.15) is 31.2 Å².